The largest absolute Gasteiger partial charge is 0.480 e. The Balaban J connectivity index is 1.62. The molecule has 5 aromatic carbocycles. The molecular weight excluding hydrogens is 458 g/mol. The highest BCUT2D eigenvalue weighted by molar-refractivity contribution is 5.98. The van der Waals surface area contributed by atoms with E-state index in [1.54, 1.807) is 0 Å². The van der Waals surface area contributed by atoms with Gasteiger partial charge in [-0.1, -0.05) is 133 Å². The molecule has 0 aliphatic carbocycles. The van der Waals surface area contributed by atoms with Crippen molar-refractivity contribution in [1.29, 1.82) is 0 Å². The molecule has 1 atom stereocenters. The lowest BCUT2D eigenvalue weighted by Gasteiger charge is -2.35. The number of amides is 1. The maximum Gasteiger partial charge on any atom is 0.326 e. The average molecular weight is 486 g/mol. The highest BCUT2D eigenvalue weighted by Gasteiger charge is 2.45. The molecule has 5 aromatic rings. The van der Waals surface area contributed by atoms with Gasteiger partial charge in [0.25, 0.3) is 0 Å². The molecule has 0 radical (unpaired) electrons. The monoisotopic (exact) mass is 485 g/mol. The summed E-state index contributed by atoms with van der Waals surface area (Å²) in [6.45, 7) is 0. The van der Waals surface area contributed by atoms with E-state index in [9.17, 15) is 14.7 Å². The minimum Gasteiger partial charge on any atom is -0.480 e. The zero-order chi connectivity index (χ0) is 25.7. The first kappa shape index (κ1) is 24.0. The van der Waals surface area contributed by atoms with Crippen LogP contribution in [0.4, 0.5) is 0 Å². The van der Waals surface area contributed by atoms with Crippen molar-refractivity contribution in [2.45, 2.75) is 17.9 Å². The van der Waals surface area contributed by atoms with Crippen molar-refractivity contribution >= 4 is 22.6 Å². The molecule has 0 bridgehead atoms. The number of carboxylic acids is 1. The predicted octanol–water partition coefficient (Wildman–Crippen LogP) is 5.99. The normalized spacial score (nSPS) is 12.1. The van der Waals surface area contributed by atoms with E-state index in [0.29, 0.717) is 0 Å². The second-order valence-corrected chi connectivity index (χ2v) is 9.05. The van der Waals surface area contributed by atoms with Gasteiger partial charge in [-0.2, -0.15) is 0 Å². The van der Waals surface area contributed by atoms with Crippen LogP contribution in [0.15, 0.2) is 133 Å². The third-order valence-electron chi connectivity index (χ3n) is 6.87. The minimum atomic E-state index is -1.24. The molecule has 5 rings (SSSR count). The Labute approximate surface area is 216 Å². The number of nitrogens with one attached hydrogen (secondary N) is 1. The molecule has 37 heavy (non-hydrogen) atoms. The number of carboxylic acid groups (broad SMARTS) is 1. The summed E-state index contributed by atoms with van der Waals surface area (Å²) in [6.07, 6.45) is 0.164. The molecule has 2 N–H and O–H groups in total. The van der Waals surface area contributed by atoms with Gasteiger partial charge in [-0.25, -0.2) is 4.79 Å². The second-order valence-electron chi connectivity index (χ2n) is 9.05. The molecule has 4 heteroatoms. The quantitative estimate of drug-likeness (QED) is 0.266. The van der Waals surface area contributed by atoms with E-state index in [4.69, 9.17) is 0 Å². The number of rotatable bonds is 8. The Morgan fingerprint density at radius 1 is 0.622 bits per heavy atom. The third-order valence-corrected chi connectivity index (χ3v) is 6.87. The SMILES string of the molecule is O=C(O)[C@H](Cc1cccc2ccccc12)NC(=O)C(c1ccccc1)(c1ccccc1)c1ccccc1. The molecule has 0 aliphatic rings. The van der Waals surface area contributed by atoms with Gasteiger partial charge in [0.05, 0.1) is 0 Å². The fourth-order valence-electron chi connectivity index (χ4n) is 5.11. The lowest BCUT2D eigenvalue weighted by atomic mass is 9.68. The zero-order valence-electron chi connectivity index (χ0n) is 20.2. The number of carbonyl (C=O) groups is 2. The van der Waals surface area contributed by atoms with E-state index in [0.717, 1.165) is 33.0 Å². The van der Waals surface area contributed by atoms with Gasteiger partial charge in [-0.05, 0) is 33.0 Å². The fraction of sp³-hybridized carbons (Fsp3) is 0.0909. The van der Waals surface area contributed by atoms with Gasteiger partial charge in [0.15, 0.2) is 0 Å². The Morgan fingerprint density at radius 2 is 1.08 bits per heavy atom. The smallest absolute Gasteiger partial charge is 0.326 e. The summed E-state index contributed by atoms with van der Waals surface area (Å²) < 4.78 is 0. The minimum absolute atomic E-state index is 0.164. The number of fused-ring (bicyclic) bond motifs is 1. The molecule has 4 nitrogen and oxygen atoms in total. The summed E-state index contributed by atoms with van der Waals surface area (Å²) in [5, 5.41) is 15.2. The Kier molecular flexibility index (Phi) is 6.82. The van der Waals surface area contributed by atoms with Crippen molar-refractivity contribution in [2.24, 2.45) is 0 Å². The van der Waals surface area contributed by atoms with Gasteiger partial charge in [0.1, 0.15) is 11.5 Å². The first-order valence-electron chi connectivity index (χ1n) is 12.3. The van der Waals surface area contributed by atoms with Crippen molar-refractivity contribution in [2.75, 3.05) is 0 Å². The first-order chi connectivity index (χ1) is 18.1. The fourth-order valence-corrected chi connectivity index (χ4v) is 5.11. The summed E-state index contributed by atoms with van der Waals surface area (Å²) in [5.41, 5.74) is 1.92. The maximum atomic E-state index is 14.5. The van der Waals surface area contributed by atoms with Crippen LogP contribution in [0.1, 0.15) is 22.3 Å². The standard InChI is InChI=1S/C33H27NO3/c35-31(36)30(23-25-15-12-14-24-13-10-11-22-29(24)25)34-32(37)33(26-16-4-1-5-17-26,27-18-6-2-7-19-27)28-20-8-3-9-21-28/h1-22,30H,23H2,(H,34,37)(H,35,36)/t30-/m0/s1. The van der Waals surface area contributed by atoms with E-state index >= 15 is 0 Å². The first-order valence-corrected chi connectivity index (χ1v) is 12.3. The molecule has 0 saturated heterocycles. The van der Waals surface area contributed by atoms with Crippen LogP contribution >= 0.6 is 0 Å². The van der Waals surface area contributed by atoms with Gasteiger partial charge >= 0.3 is 5.97 Å². The molecule has 0 saturated carbocycles. The van der Waals surface area contributed by atoms with E-state index in [-0.39, 0.29) is 12.3 Å². The number of carbonyl (C=O) groups excluding carboxylic acids is 1. The number of hydrogen-bond donors (Lipinski definition) is 2. The van der Waals surface area contributed by atoms with Gasteiger partial charge in [-0.3, -0.25) is 4.79 Å². The van der Waals surface area contributed by atoms with Crippen molar-refractivity contribution in [3.8, 4) is 0 Å². The second kappa shape index (κ2) is 10.5. The summed E-state index contributed by atoms with van der Waals surface area (Å²) in [6, 6.07) is 41.2. The van der Waals surface area contributed by atoms with Gasteiger partial charge < -0.3 is 10.4 Å². The van der Waals surface area contributed by atoms with E-state index in [2.05, 4.69) is 5.32 Å². The van der Waals surface area contributed by atoms with Gasteiger partial charge in [-0.15, -0.1) is 0 Å². The number of benzene rings is 5. The lowest BCUT2D eigenvalue weighted by Crippen LogP contribution is -2.52. The molecule has 0 heterocycles. The van der Waals surface area contributed by atoms with Crippen LogP contribution in [-0.4, -0.2) is 23.0 Å². The van der Waals surface area contributed by atoms with Gasteiger partial charge in [0, 0.05) is 6.42 Å². The summed E-state index contributed by atoms with van der Waals surface area (Å²) in [4.78, 5) is 27.0. The van der Waals surface area contributed by atoms with Gasteiger partial charge in [0.2, 0.25) is 5.91 Å². The molecule has 182 valence electrons. The van der Waals surface area contributed by atoms with Crippen molar-refractivity contribution in [1.82, 2.24) is 5.32 Å². The average Bonchev–Trinajstić information content (AvgIpc) is 2.95. The molecule has 1 amide bonds. The molecule has 0 aliphatic heterocycles. The Morgan fingerprint density at radius 3 is 1.59 bits per heavy atom. The van der Waals surface area contributed by atoms with Crippen LogP contribution in [0.5, 0.6) is 0 Å². The summed E-state index contributed by atoms with van der Waals surface area (Å²) in [5.74, 6) is -1.46. The number of aliphatic carboxylic acids is 1. The highest BCUT2D eigenvalue weighted by atomic mass is 16.4. The van der Waals surface area contributed by atoms with E-state index < -0.39 is 17.4 Å². The van der Waals surface area contributed by atoms with E-state index in [1.807, 2.05) is 133 Å². The third kappa shape index (κ3) is 4.62. The Bertz CT molecular complexity index is 1410. The highest BCUT2D eigenvalue weighted by Crippen LogP contribution is 2.39. The molecular formula is C33H27NO3. The summed E-state index contributed by atoms with van der Waals surface area (Å²) in [7, 11) is 0. The van der Waals surface area contributed by atoms with Crippen LogP contribution < -0.4 is 5.32 Å². The van der Waals surface area contributed by atoms with Crippen molar-refractivity contribution in [3.05, 3.63) is 156 Å². The van der Waals surface area contributed by atoms with Crippen molar-refractivity contribution in [3.63, 3.8) is 0 Å². The van der Waals surface area contributed by atoms with Crippen LogP contribution in [0, 0.1) is 0 Å². The van der Waals surface area contributed by atoms with Crippen LogP contribution in [0.3, 0.4) is 0 Å². The van der Waals surface area contributed by atoms with Crippen LogP contribution in [0.25, 0.3) is 10.8 Å². The molecule has 0 aromatic heterocycles. The van der Waals surface area contributed by atoms with Crippen LogP contribution in [0.2, 0.25) is 0 Å². The van der Waals surface area contributed by atoms with Crippen LogP contribution in [-0.2, 0) is 21.4 Å². The topological polar surface area (TPSA) is 66.4 Å². The molecule has 0 unspecified atom stereocenters. The molecule has 0 fully saturated rings. The summed E-state index contributed by atoms with van der Waals surface area (Å²) >= 11 is 0. The predicted molar refractivity (Wildman–Crippen MR) is 146 cm³/mol. The van der Waals surface area contributed by atoms with Crippen molar-refractivity contribution < 1.29 is 14.7 Å². The maximum absolute atomic E-state index is 14.5. The Hall–Kier alpha value is -4.70. The van der Waals surface area contributed by atoms with E-state index in [1.165, 1.54) is 0 Å². The lowest BCUT2D eigenvalue weighted by molar-refractivity contribution is -0.142. The molecule has 0 spiro atoms. The number of hydrogen-bond acceptors (Lipinski definition) is 2. The zero-order valence-corrected chi connectivity index (χ0v) is 20.2.